The second kappa shape index (κ2) is 8.93. The number of aromatic nitrogens is 1. The standard InChI is InChI=1S/C22H25N3O4S3/c1-17-8-10-19(11-9-17)32(28,29)20-21(30-22(23-20)31(2,26)27)25-14-12-24(13-15-25)16-18-6-4-3-5-7-18/h3-11H,12-16H2,1-2H3. The number of rotatable bonds is 6. The van der Waals surface area contributed by atoms with Gasteiger partial charge in [-0.05, 0) is 24.6 Å². The SMILES string of the molecule is Cc1ccc(S(=O)(=O)c2nc(S(C)(=O)=O)sc2N2CCN(Cc3ccccc3)CC2)cc1. The summed E-state index contributed by atoms with van der Waals surface area (Å²) in [5.41, 5.74) is 2.16. The molecule has 2 aromatic carbocycles. The van der Waals surface area contributed by atoms with E-state index in [0.717, 1.165) is 42.8 Å². The van der Waals surface area contributed by atoms with Crippen LogP contribution in [0.1, 0.15) is 11.1 Å². The summed E-state index contributed by atoms with van der Waals surface area (Å²) in [6.45, 7) is 5.36. The van der Waals surface area contributed by atoms with Crippen LogP contribution in [0.15, 0.2) is 68.9 Å². The van der Waals surface area contributed by atoms with Gasteiger partial charge in [-0.15, -0.1) is 0 Å². The van der Waals surface area contributed by atoms with Crippen LogP contribution < -0.4 is 4.90 Å². The summed E-state index contributed by atoms with van der Waals surface area (Å²) in [4.78, 5) is 8.45. The van der Waals surface area contributed by atoms with Gasteiger partial charge in [-0.1, -0.05) is 59.4 Å². The molecule has 0 bridgehead atoms. The number of piperazine rings is 1. The molecule has 0 radical (unpaired) electrons. The number of hydrogen-bond acceptors (Lipinski definition) is 8. The Balaban J connectivity index is 1.62. The highest BCUT2D eigenvalue weighted by atomic mass is 32.2. The third kappa shape index (κ3) is 4.88. The van der Waals surface area contributed by atoms with Crippen LogP contribution in [0.5, 0.6) is 0 Å². The van der Waals surface area contributed by atoms with E-state index in [4.69, 9.17) is 0 Å². The molecule has 1 aliphatic rings. The smallest absolute Gasteiger partial charge is 0.226 e. The third-order valence-electron chi connectivity index (χ3n) is 5.37. The number of nitrogens with zero attached hydrogens (tertiary/aromatic N) is 3. The lowest BCUT2D eigenvalue weighted by Gasteiger charge is -2.35. The van der Waals surface area contributed by atoms with Gasteiger partial charge in [-0.3, -0.25) is 4.90 Å². The molecule has 4 rings (SSSR count). The normalized spacial score (nSPS) is 15.8. The molecule has 1 aromatic heterocycles. The van der Waals surface area contributed by atoms with Crippen molar-refractivity contribution >= 4 is 36.0 Å². The number of benzene rings is 2. The summed E-state index contributed by atoms with van der Waals surface area (Å²) < 4.78 is 50.9. The number of hydrogen-bond donors (Lipinski definition) is 0. The van der Waals surface area contributed by atoms with Crippen LogP contribution in [0.2, 0.25) is 0 Å². The van der Waals surface area contributed by atoms with Crippen LogP contribution in [-0.4, -0.2) is 59.2 Å². The first-order valence-corrected chi connectivity index (χ1v) is 14.4. The summed E-state index contributed by atoms with van der Waals surface area (Å²) in [5.74, 6) is 0. The lowest BCUT2D eigenvalue weighted by Crippen LogP contribution is -2.46. The molecule has 0 atom stereocenters. The van der Waals surface area contributed by atoms with Crippen LogP contribution in [0, 0.1) is 6.92 Å². The van der Waals surface area contributed by atoms with E-state index in [-0.39, 0.29) is 14.3 Å². The van der Waals surface area contributed by atoms with Crippen LogP contribution in [0.3, 0.4) is 0 Å². The Bertz CT molecular complexity index is 1290. The molecule has 2 heterocycles. The Morgan fingerprint density at radius 3 is 2.12 bits per heavy atom. The van der Waals surface area contributed by atoms with Crippen LogP contribution in [0.4, 0.5) is 5.00 Å². The Morgan fingerprint density at radius 1 is 0.906 bits per heavy atom. The average Bonchev–Trinajstić information content (AvgIpc) is 3.22. The molecule has 32 heavy (non-hydrogen) atoms. The first kappa shape index (κ1) is 22.9. The van der Waals surface area contributed by atoms with Gasteiger partial charge in [0.25, 0.3) is 0 Å². The number of sulfone groups is 2. The van der Waals surface area contributed by atoms with E-state index in [9.17, 15) is 16.8 Å². The lowest BCUT2D eigenvalue weighted by atomic mass is 10.2. The maximum Gasteiger partial charge on any atom is 0.226 e. The Hall–Kier alpha value is -2.27. The number of thiazole rings is 1. The zero-order valence-corrected chi connectivity index (χ0v) is 20.4. The van der Waals surface area contributed by atoms with E-state index in [2.05, 4.69) is 22.0 Å². The predicted molar refractivity (Wildman–Crippen MR) is 126 cm³/mol. The Morgan fingerprint density at radius 2 is 1.53 bits per heavy atom. The zero-order valence-electron chi connectivity index (χ0n) is 17.9. The maximum atomic E-state index is 13.4. The van der Waals surface area contributed by atoms with Crippen molar-refractivity contribution in [3.05, 3.63) is 65.7 Å². The van der Waals surface area contributed by atoms with Crippen molar-refractivity contribution in [2.24, 2.45) is 0 Å². The van der Waals surface area contributed by atoms with Crippen LogP contribution >= 0.6 is 11.3 Å². The Kier molecular flexibility index (Phi) is 6.39. The fraction of sp³-hybridized carbons (Fsp3) is 0.318. The first-order chi connectivity index (χ1) is 15.1. The molecule has 1 saturated heterocycles. The Labute approximate surface area is 193 Å². The minimum absolute atomic E-state index is 0.109. The van der Waals surface area contributed by atoms with E-state index < -0.39 is 19.7 Å². The van der Waals surface area contributed by atoms with Crippen molar-refractivity contribution in [3.63, 3.8) is 0 Å². The highest BCUT2D eigenvalue weighted by Crippen LogP contribution is 2.37. The molecule has 0 amide bonds. The fourth-order valence-electron chi connectivity index (χ4n) is 3.59. The summed E-state index contributed by atoms with van der Waals surface area (Å²) in [7, 11) is -7.60. The van der Waals surface area contributed by atoms with Gasteiger partial charge in [0.1, 0.15) is 5.00 Å². The van der Waals surface area contributed by atoms with E-state index in [0.29, 0.717) is 18.1 Å². The van der Waals surface area contributed by atoms with Gasteiger partial charge < -0.3 is 4.90 Å². The minimum Gasteiger partial charge on any atom is -0.358 e. The second-order valence-corrected chi connectivity index (χ2v) is 13.0. The van der Waals surface area contributed by atoms with Gasteiger partial charge in [0.15, 0.2) is 5.03 Å². The molecule has 1 fully saturated rings. The summed E-state index contributed by atoms with van der Waals surface area (Å²) >= 11 is 0.932. The van der Waals surface area contributed by atoms with Gasteiger partial charge in [0, 0.05) is 39.0 Å². The van der Waals surface area contributed by atoms with Crippen molar-refractivity contribution in [2.75, 3.05) is 37.3 Å². The zero-order chi connectivity index (χ0) is 22.9. The first-order valence-electron chi connectivity index (χ1n) is 10.2. The van der Waals surface area contributed by atoms with Gasteiger partial charge in [-0.25, -0.2) is 21.8 Å². The van der Waals surface area contributed by atoms with Crippen molar-refractivity contribution in [3.8, 4) is 0 Å². The summed E-state index contributed by atoms with van der Waals surface area (Å²) in [5, 5.41) is 0.216. The van der Waals surface area contributed by atoms with Gasteiger partial charge in [0.05, 0.1) is 4.90 Å². The third-order valence-corrected chi connectivity index (χ3v) is 9.98. The monoisotopic (exact) mass is 491 g/mol. The van der Waals surface area contributed by atoms with Crippen molar-refractivity contribution in [1.29, 1.82) is 0 Å². The maximum absolute atomic E-state index is 13.4. The van der Waals surface area contributed by atoms with Gasteiger partial charge in [0.2, 0.25) is 24.0 Å². The molecule has 0 saturated carbocycles. The highest BCUT2D eigenvalue weighted by molar-refractivity contribution is 7.93. The molecule has 10 heteroatoms. The molecule has 170 valence electrons. The molecule has 0 N–H and O–H groups in total. The van der Waals surface area contributed by atoms with E-state index in [1.807, 2.05) is 30.0 Å². The molecule has 3 aromatic rings. The number of aryl methyl sites for hydroxylation is 1. The molecular weight excluding hydrogens is 466 g/mol. The predicted octanol–water partition coefficient (Wildman–Crippen LogP) is 3.01. The second-order valence-electron chi connectivity index (χ2n) is 7.93. The average molecular weight is 492 g/mol. The quantitative estimate of drug-likeness (QED) is 0.524. The summed E-state index contributed by atoms with van der Waals surface area (Å²) in [6.07, 6.45) is 1.05. The molecule has 0 aliphatic carbocycles. The minimum atomic E-state index is -3.96. The van der Waals surface area contributed by atoms with Crippen molar-refractivity contribution in [2.45, 2.75) is 27.7 Å². The largest absolute Gasteiger partial charge is 0.358 e. The topological polar surface area (TPSA) is 87.6 Å². The molecule has 0 spiro atoms. The summed E-state index contributed by atoms with van der Waals surface area (Å²) in [6, 6.07) is 16.7. The lowest BCUT2D eigenvalue weighted by molar-refractivity contribution is 0.250. The number of anilines is 1. The van der Waals surface area contributed by atoms with E-state index >= 15 is 0 Å². The van der Waals surface area contributed by atoms with Crippen molar-refractivity contribution < 1.29 is 16.8 Å². The van der Waals surface area contributed by atoms with Crippen LogP contribution in [-0.2, 0) is 26.2 Å². The fourth-order valence-corrected chi connectivity index (χ4v) is 7.30. The van der Waals surface area contributed by atoms with E-state index in [1.54, 1.807) is 12.1 Å². The highest BCUT2D eigenvalue weighted by Gasteiger charge is 2.32. The molecule has 7 nitrogen and oxygen atoms in total. The van der Waals surface area contributed by atoms with Crippen LogP contribution in [0.25, 0.3) is 0 Å². The van der Waals surface area contributed by atoms with E-state index in [1.165, 1.54) is 17.7 Å². The van der Waals surface area contributed by atoms with Gasteiger partial charge in [-0.2, -0.15) is 0 Å². The van der Waals surface area contributed by atoms with Crippen molar-refractivity contribution in [1.82, 2.24) is 9.88 Å². The molecular formula is C22H25N3O4S3. The van der Waals surface area contributed by atoms with Gasteiger partial charge >= 0.3 is 0 Å². The molecule has 0 unspecified atom stereocenters. The molecule has 1 aliphatic heterocycles.